The molecule has 0 saturated carbocycles. The Kier molecular flexibility index (Phi) is 6.49. The van der Waals surface area contributed by atoms with Crippen LogP contribution < -0.4 is 0 Å². The summed E-state index contributed by atoms with van der Waals surface area (Å²) >= 11 is 6.14. The summed E-state index contributed by atoms with van der Waals surface area (Å²) in [6.45, 7) is 0.777. The summed E-state index contributed by atoms with van der Waals surface area (Å²) in [6, 6.07) is 20.5. The van der Waals surface area contributed by atoms with Crippen LogP contribution >= 0.6 is 11.6 Å². The highest BCUT2D eigenvalue weighted by Gasteiger charge is 2.19. The number of fused-ring (bicyclic) bond motifs is 1. The summed E-state index contributed by atoms with van der Waals surface area (Å²) in [5.74, 6) is -0.898. The third-order valence-electron chi connectivity index (χ3n) is 5.21. The Labute approximate surface area is 196 Å². The Morgan fingerprint density at radius 1 is 1.03 bits per heavy atom. The van der Waals surface area contributed by atoms with Gasteiger partial charge in [0.15, 0.2) is 5.88 Å². The predicted octanol–water partition coefficient (Wildman–Crippen LogP) is 5.38. The van der Waals surface area contributed by atoms with Crippen LogP contribution in [0, 0.1) is 0 Å². The van der Waals surface area contributed by atoms with Gasteiger partial charge in [0.1, 0.15) is 0 Å². The van der Waals surface area contributed by atoms with Gasteiger partial charge in [0.2, 0.25) is 0 Å². The molecule has 0 atom stereocenters. The molecular weight excluding hydrogens is 438 g/mol. The molecule has 0 saturated heterocycles. The zero-order valence-electron chi connectivity index (χ0n) is 18.3. The first-order chi connectivity index (χ1) is 15.8. The number of carboxylic acids is 1. The molecule has 6 nitrogen and oxygen atoms in total. The number of hydrogen-bond donors (Lipinski definition) is 3. The van der Waals surface area contributed by atoms with Crippen molar-refractivity contribution in [2.45, 2.75) is 13.0 Å². The van der Waals surface area contributed by atoms with Crippen molar-refractivity contribution in [3.05, 3.63) is 94.0 Å². The molecule has 0 unspecified atom stereocenters. The lowest BCUT2D eigenvalue weighted by Crippen LogP contribution is -2.10. The van der Waals surface area contributed by atoms with Crippen molar-refractivity contribution in [1.29, 1.82) is 0 Å². The standard InChI is InChI=1S/C26H24ClN3O3/c1-30(2)15-17-4-3-5-20(12-17)28-25(18-8-6-16(7-9-18)13-23(31)32)24-21-11-10-19(27)14-22(21)29-26(24)33/h3-12,14,29,33H,13,15H2,1-2H3,(H,31,32). The Morgan fingerprint density at radius 3 is 2.48 bits per heavy atom. The van der Waals surface area contributed by atoms with E-state index in [9.17, 15) is 9.90 Å². The zero-order valence-corrected chi connectivity index (χ0v) is 19.1. The van der Waals surface area contributed by atoms with E-state index in [1.54, 1.807) is 24.3 Å². The second kappa shape index (κ2) is 9.48. The fourth-order valence-electron chi connectivity index (χ4n) is 3.83. The Bertz CT molecular complexity index is 1340. The van der Waals surface area contributed by atoms with E-state index in [0.717, 1.165) is 28.7 Å². The van der Waals surface area contributed by atoms with Gasteiger partial charge in [-0.1, -0.05) is 54.1 Å². The van der Waals surface area contributed by atoms with E-state index in [4.69, 9.17) is 21.7 Å². The van der Waals surface area contributed by atoms with E-state index in [0.29, 0.717) is 27.4 Å². The highest BCUT2D eigenvalue weighted by atomic mass is 35.5. The molecule has 4 aromatic rings. The number of carbonyl (C=O) groups is 1. The van der Waals surface area contributed by atoms with Gasteiger partial charge in [0.25, 0.3) is 0 Å². The molecule has 0 amide bonds. The lowest BCUT2D eigenvalue weighted by molar-refractivity contribution is -0.136. The number of halogens is 1. The Balaban J connectivity index is 1.88. The van der Waals surface area contributed by atoms with Crippen LogP contribution in [0.1, 0.15) is 22.3 Å². The van der Waals surface area contributed by atoms with Gasteiger partial charge >= 0.3 is 5.97 Å². The molecule has 0 aliphatic rings. The molecular formula is C26H24ClN3O3. The Hall–Kier alpha value is -3.61. The van der Waals surface area contributed by atoms with Crippen molar-refractivity contribution in [3.63, 3.8) is 0 Å². The van der Waals surface area contributed by atoms with Gasteiger partial charge in [0, 0.05) is 22.5 Å². The fraction of sp³-hybridized carbons (Fsp3) is 0.154. The number of benzene rings is 3. The highest BCUT2D eigenvalue weighted by molar-refractivity contribution is 6.31. The van der Waals surface area contributed by atoms with Crippen LogP contribution in [0.5, 0.6) is 5.88 Å². The minimum Gasteiger partial charge on any atom is -0.494 e. The largest absolute Gasteiger partial charge is 0.494 e. The smallest absolute Gasteiger partial charge is 0.307 e. The maximum atomic E-state index is 11.1. The minimum atomic E-state index is -0.888. The van der Waals surface area contributed by atoms with Crippen molar-refractivity contribution in [1.82, 2.24) is 9.88 Å². The Morgan fingerprint density at radius 2 is 1.79 bits per heavy atom. The number of nitrogens with zero attached hydrogens (tertiary/aromatic N) is 2. The lowest BCUT2D eigenvalue weighted by Gasteiger charge is -2.11. The molecule has 1 heterocycles. The summed E-state index contributed by atoms with van der Waals surface area (Å²) in [6.07, 6.45) is -0.0594. The van der Waals surface area contributed by atoms with Crippen LogP contribution in [0.15, 0.2) is 71.7 Å². The quantitative estimate of drug-likeness (QED) is 0.322. The molecule has 0 bridgehead atoms. The van der Waals surface area contributed by atoms with Crippen molar-refractivity contribution < 1.29 is 15.0 Å². The molecule has 0 aliphatic heterocycles. The van der Waals surface area contributed by atoms with Crippen LogP contribution in [-0.2, 0) is 17.8 Å². The molecule has 0 spiro atoms. The van der Waals surface area contributed by atoms with Gasteiger partial charge in [-0.3, -0.25) is 4.79 Å². The summed E-state index contributed by atoms with van der Waals surface area (Å²) in [4.78, 5) is 21.1. The number of nitrogens with one attached hydrogen (secondary N) is 1. The summed E-state index contributed by atoms with van der Waals surface area (Å²) in [5.41, 5.74) is 5.15. The number of aromatic amines is 1. The van der Waals surface area contributed by atoms with Gasteiger partial charge in [-0.2, -0.15) is 0 Å². The van der Waals surface area contributed by atoms with E-state index in [-0.39, 0.29) is 12.3 Å². The topological polar surface area (TPSA) is 88.9 Å². The number of hydrogen-bond acceptors (Lipinski definition) is 4. The molecule has 4 rings (SSSR count). The van der Waals surface area contributed by atoms with Crippen LogP contribution in [0.25, 0.3) is 10.9 Å². The van der Waals surface area contributed by atoms with Crippen molar-refractivity contribution in [3.8, 4) is 5.88 Å². The average Bonchev–Trinajstić information content (AvgIpc) is 3.06. The fourth-order valence-corrected chi connectivity index (χ4v) is 4.01. The first-order valence-electron chi connectivity index (χ1n) is 10.4. The van der Waals surface area contributed by atoms with Crippen LogP contribution in [0.3, 0.4) is 0 Å². The third-order valence-corrected chi connectivity index (χ3v) is 5.45. The van der Waals surface area contributed by atoms with E-state index in [1.165, 1.54) is 0 Å². The second-order valence-electron chi connectivity index (χ2n) is 8.17. The number of carboxylic acid groups (broad SMARTS) is 1. The molecule has 0 fully saturated rings. The normalized spacial score (nSPS) is 11.9. The van der Waals surface area contributed by atoms with Gasteiger partial charge in [-0.25, -0.2) is 4.99 Å². The monoisotopic (exact) mass is 461 g/mol. The van der Waals surface area contributed by atoms with Gasteiger partial charge in [-0.05, 0) is 49.5 Å². The number of aromatic nitrogens is 1. The lowest BCUT2D eigenvalue weighted by atomic mass is 9.99. The van der Waals surface area contributed by atoms with Gasteiger partial charge in [0.05, 0.1) is 28.9 Å². The zero-order chi connectivity index (χ0) is 23.5. The number of rotatable bonds is 7. The molecule has 168 valence electrons. The number of aliphatic imine (C=N–C) groups is 1. The number of aromatic hydroxyl groups is 1. The van der Waals surface area contributed by atoms with Crippen LogP contribution in [0.2, 0.25) is 5.02 Å². The van der Waals surface area contributed by atoms with Crippen molar-refractivity contribution in [2.24, 2.45) is 4.99 Å². The molecule has 0 radical (unpaired) electrons. The molecule has 1 aromatic heterocycles. The van der Waals surface area contributed by atoms with Crippen molar-refractivity contribution in [2.75, 3.05) is 14.1 Å². The minimum absolute atomic E-state index is 0.00919. The molecule has 0 aliphatic carbocycles. The van der Waals surface area contributed by atoms with E-state index >= 15 is 0 Å². The van der Waals surface area contributed by atoms with Crippen molar-refractivity contribution >= 4 is 39.9 Å². The molecule has 3 aromatic carbocycles. The van der Waals surface area contributed by atoms with E-state index < -0.39 is 5.97 Å². The predicted molar refractivity (Wildman–Crippen MR) is 132 cm³/mol. The molecule has 7 heteroatoms. The molecule has 33 heavy (non-hydrogen) atoms. The first-order valence-corrected chi connectivity index (χ1v) is 10.8. The number of aliphatic carboxylic acids is 1. The molecule has 3 N–H and O–H groups in total. The van der Waals surface area contributed by atoms with E-state index in [1.807, 2.05) is 56.6 Å². The summed E-state index contributed by atoms with van der Waals surface area (Å²) < 4.78 is 0. The average molecular weight is 462 g/mol. The maximum absolute atomic E-state index is 11.1. The second-order valence-corrected chi connectivity index (χ2v) is 8.61. The highest BCUT2D eigenvalue weighted by Crippen LogP contribution is 2.33. The van der Waals surface area contributed by atoms with Crippen LogP contribution in [-0.4, -0.2) is 45.9 Å². The number of H-pyrrole nitrogens is 1. The van der Waals surface area contributed by atoms with Crippen LogP contribution in [0.4, 0.5) is 5.69 Å². The van der Waals surface area contributed by atoms with Gasteiger partial charge < -0.3 is 20.1 Å². The first kappa shape index (κ1) is 22.6. The summed E-state index contributed by atoms with van der Waals surface area (Å²) in [5, 5.41) is 21.2. The maximum Gasteiger partial charge on any atom is 0.307 e. The SMILES string of the molecule is CN(C)Cc1cccc(N=C(c2ccc(CC(=O)O)cc2)c2c(O)[nH]c3cc(Cl)ccc23)c1. The summed E-state index contributed by atoms with van der Waals surface area (Å²) in [7, 11) is 4.02. The van der Waals surface area contributed by atoms with E-state index in [2.05, 4.69) is 9.88 Å². The third kappa shape index (κ3) is 5.25. The van der Waals surface area contributed by atoms with Gasteiger partial charge in [-0.15, -0.1) is 0 Å².